The number of nitrogens with one attached hydrogen (secondary N) is 1. The first-order valence-corrected chi connectivity index (χ1v) is 7.44. The Labute approximate surface area is 121 Å². The molecular weight excluding hydrogens is 258 g/mol. The lowest BCUT2D eigenvalue weighted by atomic mass is 9.96. The van der Waals surface area contributed by atoms with Crippen molar-refractivity contribution in [1.82, 2.24) is 15.1 Å². The monoisotopic (exact) mass is 285 g/mol. The number of nitrogens with zero attached hydrogens (tertiary/aromatic N) is 2. The van der Waals surface area contributed by atoms with Crippen molar-refractivity contribution in [2.75, 3.05) is 46.4 Å². The highest BCUT2D eigenvalue weighted by Crippen LogP contribution is 2.18. The van der Waals surface area contributed by atoms with Crippen LogP contribution in [0.25, 0.3) is 0 Å². The third-order valence-corrected chi connectivity index (χ3v) is 3.72. The van der Waals surface area contributed by atoms with Crippen molar-refractivity contribution in [1.29, 1.82) is 0 Å². The van der Waals surface area contributed by atoms with E-state index in [2.05, 4.69) is 5.32 Å². The summed E-state index contributed by atoms with van der Waals surface area (Å²) in [5, 5.41) is 2.81. The van der Waals surface area contributed by atoms with Crippen molar-refractivity contribution < 1.29 is 14.3 Å². The van der Waals surface area contributed by atoms with Gasteiger partial charge in [-0.1, -0.05) is 0 Å². The summed E-state index contributed by atoms with van der Waals surface area (Å²) in [5.41, 5.74) is 0. The number of hydrogen-bond donors (Lipinski definition) is 1. The minimum Gasteiger partial charge on any atom is -0.383 e. The number of carbonyl (C=O) groups is 2. The molecule has 1 unspecified atom stereocenters. The van der Waals surface area contributed by atoms with Crippen LogP contribution in [0.3, 0.4) is 0 Å². The smallest absolute Gasteiger partial charge is 0.317 e. The highest BCUT2D eigenvalue weighted by atomic mass is 16.5. The topological polar surface area (TPSA) is 61.9 Å². The van der Waals surface area contributed by atoms with Crippen LogP contribution in [0, 0.1) is 5.92 Å². The van der Waals surface area contributed by atoms with Gasteiger partial charge in [0.25, 0.3) is 0 Å². The number of hydrogen-bond acceptors (Lipinski definition) is 3. The molecule has 1 aliphatic heterocycles. The maximum absolute atomic E-state index is 12.3. The zero-order chi connectivity index (χ0) is 15.0. The number of carbonyl (C=O) groups excluding carboxylic acids is 2. The second-order valence-electron chi connectivity index (χ2n) is 5.02. The summed E-state index contributed by atoms with van der Waals surface area (Å²) in [7, 11) is 1.60. The highest BCUT2D eigenvalue weighted by molar-refractivity contribution is 5.81. The molecule has 0 bridgehead atoms. The standard InChI is InChI=1S/C14H27N3O3/c1-4-16(5-2)13(18)12-7-6-9-17(11-12)14(19)15-8-10-20-3/h12H,4-11H2,1-3H3,(H,15,19). The van der Waals surface area contributed by atoms with Gasteiger partial charge >= 0.3 is 6.03 Å². The molecule has 1 N–H and O–H groups in total. The average molecular weight is 285 g/mol. The lowest BCUT2D eigenvalue weighted by Gasteiger charge is -2.34. The molecule has 0 spiro atoms. The van der Waals surface area contributed by atoms with Crippen LogP contribution < -0.4 is 5.32 Å². The van der Waals surface area contributed by atoms with Gasteiger partial charge < -0.3 is 19.9 Å². The Morgan fingerprint density at radius 3 is 2.65 bits per heavy atom. The minimum atomic E-state index is -0.0981. The number of amides is 3. The van der Waals surface area contributed by atoms with Crippen molar-refractivity contribution in [2.45, 2.75) is 26.7 Å². The Morgan fingerprint density at radius 1 is 1.35 bits per heavy atom. The normalized spacial score (nSPS) is 18.8. The maximum Gasteiger partial charge on any atom is 0.317 e. The fourth-order valence-electron chi connectivity index (χ4n) is 2.53. The predicted octanol–water partition coefficient (Wildman–Crippen LogP) is 0.923. The molecule has 1 aliphatic rings. The van der Waals surface area contributed by atoms with E-state index in [1.807, 2.05) is 18.7 Å². The Morgan fingerprint density at radius 2 is 2.05 bits per heavy atom. The van der Waals surface area contributed by atoms with Crippen molar-refractivity contribution in [2.24, 2.45) is 5.92 Å². The van der Waals surface area contributed by atoms with Gasteiger partial charge in [-0.2, -0.15) is 0 Å². The van der Waals surface area contributed by atoms with Gasteiger partial charge in [-0.05, 0) is 26.7 Å². The Bertz CT molecular complexity index is 319. The van der Waals surface area contributed by atoms with Gasteiger partial charge in [-0.15, -0.1) is 0 Å². The zero-order valence-electron chi connectivity index (χ0n) is 12.9. The van der Waals surface area contributed by atoms with Crippen LogP contribution in [-0.2, 0) is 9.53 Å². The largest absolute Gasteiger partial charge is 0.383 e. The number of rotatable bonds is 6. The third-order valence-electron chi connectivity index (χ3n) is 3.72. The molecule has 0 saturated carbocycles. The van der Waals surface area contributed by atoms with Crippen LogP contribution in [0.15, 0.2) is 0 Å². The number of urea groups is 1. The molecule has 0 aliphatic carbocycles. The van der Waals surface area contributed by atoms with E-state index >= 15 is 0 Å². The van der Waals surface area contributed by atoms with E-state index in [-0.39, 0.29) is 17.9 Å². The predicted molar refractivity (Wildman–Crippen MR) is 77.5 cm³/mol. The summed E-state index contributed by atoms with van der Waals surface area (Å²) >= 11 is 0. The van der Waals surface area contributed by atoms with E-state index < -0.39 is 0 Å². The molecule has 6 nitrogen and oxygen atoms in total. The van der Waals surface area contributed by atoms with Gasteiger partial charge in [0.05, 0.1) is 12.5 Å². The minimum absolute atomic E-state index is 0.0585. The van der Waals surface area contributed by atoms with Crippen molar-refractivity contribution in [3.63, 3.8) is 0 Å². The molecule has 116 valence electrons. The molecule has 0 aromatic carbocycles. The van der Waals surface area contributed by atoms with E-state index in [1.54, 1.807) is 12.0 Å². The maximum atomic E-state index is 12.3. The quantitative estimate of drug-likeness (QED) is 0.738. The molecule has 0 aromatic rings. The molecule has 1 saturated heterocycles. The third kappa shape index (κ3) is 4.67. The van der Waals surface area contributed by atoms with Crippen LogP contribution in [0.1, 0.15) is 26.7 Å². The Balaban J connectivity index is 2.49. The number of piperidine rings is 1. The first-order valence-electron chi connectivity index (χ1n) is 7.44. The average Bonchev–Trinajstić information content (AvgIpc) is 2.48. The van der Waals surface area contributed by atoms with Crippen LogP contribution in [0.4, 0.5) is 4.79 Å². The van der Waals surface area contributed by atoms with Crippen molar-refractivity contribution >= 4 is 11.9 Å². The van der Waals surface area contributed by atoms with Crippen LogP contribution >= 0.6 is 0 Å². The van der Waals surface area contributed by atoms with Gasteiger partial charge in [0.2, 0.25) is 5.91 Å². The SMILES string of the molecule is CCN(CC)C(=O)C1CCCN(C(=O)NCCOC)C1. The van der Waals surface area contributed by atoms with Gasteiger partial charge in [0.1, 0.15) is 0 Å². The number of methoxy groups -OCH3 is 1. The summed E-state index contributed by atoms with van der Waals surface area (Å²) in [5.74, 6) is 0.112. The summed E-state index contributed by atoms with van der Waals surface area (Å²) in [6, 6.07) is -0.0981. The summed E-state index contributed by atoms with van der Waals surface area (Å²) in [6.45, 7) is 7.67. The summed E-state index contributed by atoms with van der Waals surface area (Å²) in [6.07, 6.45) is 1.76. The molecular formula is C14H27N3O3. The van der Waals surface area contributed by atoms with Crippen molar-refractivity contribution in [3.05, 3.63) is 0 Å². The Hall–Kier alpha value is -1.30. The highest BCUT2D eigenvalue weighted by Gasteiger charge is 2.30. The molecule has 20 heavy (non-hydrogen) atoms. The molecule has 1 atom stereocenters. The van der Waals surface area contributed by atoms with Gasteiger partial charge in [0, 0.05) is 39.8 Å². The van der Waals surface area contributed by atoms with Gasteiger partial charge in [0.15, 0.2) is 0 Å². The van der Waals surface area contributed by atoms with Gasteiger partial charge in [-0.25, -0.2) is 4.79 Å². The molecule has 6 heteroatoms. The van der Waals surface area contributed by atoms with Crippen LogP contribution in [0.2, 0.25) is 0 Å². The van der Waals surface area contributed by atoms with E-state index in [1.165, 1.54) is 0 Å². The number of likely N-dealkylation sites (tertiary alicyclic amines) is 1. The van der Waals surface area contributed by atoms with E-state index in [9.17, 15) is 9.59 Å². The number of ether oxygens (including phenoxy) is 1. The van der Waals surface area contributed by atoms with Crippen molar-refractivity contribution in [3.8, 4) is 0 Å². The molecule has 3 amide bonds. The first kappa shape index (κ1) is 16.8. The lowest BCUT2D eigenvalue weighted by Crippen LogP contribution is -2.50. The fraction of sp³-hybridized carbons (Fsp3) is 0.857. The van der Waals surface area contributed by atoms with Crippen LogP contribution in [0.5, 0.6) is 0 Å². The second kappa shape index (κ2) is 8.79. The van der Waals surface area contributed by atoms with Gasteiger partial charge in [-0.3, -0.25) is 4.79 Å². The molecule has 1 heterocycles. The van der Waals surface area contributed by atoms with E-state index in [0.717, 1.165) is 32.5 Å². The van der Waals surface area contributed by atoms with E-state index in [4.69, 9.17) is 4.74 Å². The zero-order valence-corrected chi connectivity index (χ0v) is 12.9. The first-order chi connectivity index (χ1) is 9.63. The summed E-state index contributed by atoms with van der Waals surface area (Å²) < 4.78 is 4.91. The molecule has 1 fully saturated rings. The molecule has 1 rings (SSSR count). The molecule has 0 aromatic heterocycles. The fourth-order valence-corrected chi connectivity index (χ4v) is 2.53. The summed E-state index contributed by atoms with van der Waals surface area (Å²) in [4.78, 5) is 27.9. The van der Waals surface area contributed by atoms with Crippen LogP contribution in [-0.4, -0.2) is 68.2 Å². The molecule has 0 radical (unpaired) electrons. The van der Waals surface area contributed by atoms with E-state index in [0.29, 0.717) is 19.7 Å². The Kier molecular flexibility index (Phi) is 7.36. The lowest BCUT2D eigenvalue weighted by molar-refractivity contribution is -0.136. The second-order valence-corrected chi connectivity index (χ2v) is 5.02.